The third kappa shape index (κ3) is 3.52. The van der Waals surface area contributed by atoms with E-state index in [1.807, 2.05) is 12.3 Å². The van der Waals surface area contributed by atoms with E-state index in [4.69, 9.17) is 0 Å². The summed E-state index contributed by atoms with van der Waals surface area (Å²) in [7, 11) is 4.24. The molecule has 19 heavy (non-hydrogen) atoms. The number of fused-ring (bicyclic) bond motifs is 1. The summed E-state index contributed by atoms with van der Waals surface area (Å²) < 4.78 is 0. The number of nitrogens with zero attached hydrogens (tertiary/aromatic N) is 2. The number of pyridine rings is 1. The molecule has 0 saturated carbocycles. The molecule has 1 unspecified atom stereocenters. The third-order valence-corrected chi connectivity index (χ3v) is 3.37. The van der Waals surface area contributed by atoms with Crippen molar-refractivity contribution in [2.75, 3.05) is 27.2 Å². The van der Waals surface area contributed by atoms with Crippen LogP contribution in [-0.2, 0) is 0 Å². The summed E-state index contributed by atoms with van der Waals surface area (Å²) in [5, 5.41) is 4.85. The van der Waals surface area contributed by atoms with Gasteiger partial charge in [-0.1, -0.05) is 25.1 Å². The van der Waals surface area contributed by atoms with Crippen LogP contribution in [0.4, 0.5) is 0 Å². The van der Waals surface area contributed by atoms with Gasteiger partial charge >= 0.3 is 0 Å². The first-order valence-corrected chi connectivity index (χ1v) is 6.94. The summed E-state index contributed by atoms with van der Waals surface area (Å²) in [6, 6.07) is 11.0. The number of hydrogen-bond acceptors (Lipinski definition) is 3. The average Bonchev–Trinajstić information content (AvgIpc) is 2.43. The van der Waals surface area contributed by atoms with Crippen molar-refractivity contribution in [3.05, 3.63) is 42.1 Å². The molecule has 3 nitrogen and oxygen atoms in total. The molecule has 0 aliphatic heterocycles. The predicted molar refractivity (Wildman–Crippen MR) is 81.3 cm³/mol. The molecule has 1 aromatic heterocycles. The predicted octanol–water partition coefficient (Wildman–Crippen LogP) is 2.84. The van der Waals surface area contributed by atoms with Crippen LogP contribution in [0.25, 0.3) is 10.9 Å². The Morgan fingerprint density at radius 2 is 2.05 bits per heavy atom. The zero-order valence-electron chi connectivity index (χ0n) is 12.1. The molecule has 0 radical (unpaired) electrons. The van der Waals surface area contributed by atoms with E-state index in [0.29, 0.717) is 6.04 Å². The van der Waals surface area contributed by atoms with Gasteiger partial charge in [0.1, 0.15) is 0 Å². The summed E-state index contributed by atoms with van der Waals surface area (Å²) in [4.78, 5) is 6.67. The Bertz CT molecular complexity index is 517. The van der Waals surface area contributed by atoms with E-state index >= 15 is 0 Å². The van der Waals surface area contributed by atoms with Gasteiger partial charge in [-0.3, -0.25) is 4.98 Å². The summed E-state index contributed by atoms with van der Waals surface area (Å²) in [5.74, 6) is 0. The summed E-state index contributed by atoms with van der Waals surface area (Å²) in [5.41, 5.74) is 2.43. The number of nitrogens with one attached hydrogen (secondary N) is 1. The zero-order chi connectivity index (χ0) is 13.7. The molecule has 0 aliphatic carbocycles. The van der Waals surface area contributed by atoms with Gasteiger partial charge in [-0.05, 0) is 51.3 Å². The van der Waals surface area contributed by atoms with Crippen LogP contribution < -0.4 is 5.32 Å². The smallest absolute Gasteiger partial charge is 0.0705 e. The van der Waals surface area contributed by atoms with Gasteiger partial charge in [-0.15, -0.1) is 0 Å². The molecule has 0 bridgehead atoms. The molecule has 102 valence electrons. The quantitative estimate of drug-likeness (QED) is 0.862. The van der Waals surface area contributed by atoms with Gasteiger partial charge in [0.2, 0.25) is 0 Å². The van der Waals surface area contributed by atoms with Crippen molar-refractivity contribution in [1.82, 2.24) is 15.2 Å². The highest BCUT2D eigenvalue weighted by molar-refractivity contribution is 5.82. The van der Waals surface area contributed by atoms with E-state index in [0.717, 1.165) is 25.0 Å². The second kappa shape index (κ2) is 6.64. The molecule has 3 heteroatoms. The lowest BCUT2D eigenvalue weighted by Gasteiger charge is -2.22. The van der Waals surface area contributed by atoms with Gasteiger partial charge in [0.05, 0.1) is 5.52 Å². The molecule has 2 rings (SSSR count). The molecular weight excluding hydrogens is 234 g/mol. The lowest BCUT2D eigenvalue weighted by atomic mass is 9.98. The van der Waals surface area contributed by atoms with Crippen molar-refractivity contribution in [2.24, 2.45) is 0 Å². The molecule has 0 fully saturated rings. The monoisotopic (exact) mass is 257 g/mol. The second-order valence-electron chi connectivity index (χ2n) is 5.12. The van der Waals surface area contributed by atoms with Crippen molar-refractivity contribution in [3.8, 4) is 0 Å². The van der Waals surface area contributed by atoms with E-state index in [2.05, 4.69) is 60.5 Å². The van der Waals surface area contributed by atoms with Gasteiger partial charge in [0.25, 0.3) is 0 Å². The molecule has 2 aromatic rings. The minimum absolute atomic E-state index is 0.389. The van der Waals surface area contributed by atoms with Crippen LogP contribution >= 0.6 is 0 Å². The highest BCUT2D eigenvalue weighted by Crippen LogP contribution is 2.25. The van der Waals surface area contributed by atoms with E-state index < -0.39 is 0 Å². The Kier molecular flexibility index (Phi) is 4.88. The number of benzene rings is 1. The normalized spacial score (nSPS) is 13.1. The molecular formula is C16H23N3. The minimum atomic E-state index is 0.389. The maximum atomic E-state index is 4.44. The molecule has 0 aliphatic rings. The molecule has 1 heterocycles. The first kappa shape index (κ1) is 14.0. The summed E-state index contributed by atoms with van der Waals surface area (Å²) in [6.45, 7) is 4.22. The lowest BCUT2D eigenvalue weighted by molar-refractivity contribution is 0.364. The number of rotatable bonds is 6. The highest BCUT2D eigenvalue weighted by atomic mass is 15.1. The van der Waals surface area contributed by atoms with Crippen LogP contribution in [0.3, 0.4) is 0 Å². The Hall–Kier alpha value is -1.45. The fraction of sp³-hybridized carbons (Fsp3) is 0.438. The van der Waals surface area contributed by atoms with Gasteiger partial charge < -0.3 is 10.2 Å². The Labute approximate surface area is 115 Å². The van der Waals surface area contributed by atoms with Crippen LogP contribution in [0, 0.1) is 0 Å². The molecule has 0 saturated heterocycles. The third-order valence-electron chi connectivity index (χ3n) is 3.37. The summed E-state index contributed by atoms with van der Waals surface area (Å²) >= 11 is 0. The average molecular weight is 257 g/mol. The van der Waals surface area contributed by atoms with Crippen LogP contribution in [0.1, 0.15) is 24.9 Å². The minimum Gasteiger partial charge on any atom is -0.310 e. The summed E-state index contributed by atoms with van der Waals surface area (Å²) in [6.07, 6.45) is 2.96. The Morgan fingerprint density at radius 1 is 1.21 bits per heavy atom. The fourth-order valence-electron chi connectivity index (χ4n) is 2.43. The van der Waals surface area contributed by atoms with E-state index in [1.54, 1.807) is 0 Å². The Morgan fingerprint density at radius 3 is 2.79 bits per heavy atom. The van der Waals surface area contributed by atoms with Crippen molar-refractivity contribution in [1.29, 1.82) is 0 Å². The standard InChI is InChI=1S/C16H23N3/c1-4-17-16(10-12-19(2)3)13-7-5-9-15-14(13)8-6-11-18-15/h5-9,11,16-17H,4,10,12H2,1-3H3. The van der Waals surface area contributed by atoms with E-state index in [9.17, 15) is 0 Å². The topological polar surface area (TPSA) is 28.2 Å². The maximum absolute atomic E-state index is 4.44. The van der Waals surface area contributed by atoms with Gasteiger partial charge in [-0.25, -0.2) is 0 Å². The van der Waals surface area contributed by atoms with Crippen LogP contribution in [0.15, 0.2) is 36.5 Å². The fourth-order valence-corrected chi connectivity index (χ4v) is 2.43. The van der Waals surface area contributed by atoms with Gasteiger partial charge in [0.15, 0.2) is 0 Å². The van der Waals surface area contributed by atoms with Gasteiger partial charge in [0, 0.05) is 17.6 Å². The second-order valence-corrected chi connectivity index (χ2v) is 5.12. The van der Waals surface area contributed by atoms with E-state index in [1.165, 1.54) is 10.9 Å². The molecule has 0 amide bonds. The zero-order valence-corrected chi connectivity index (χ0v) is 12.1. The Balaban J connectivity index is 2.32. The first-order valence-electron chi connectivity index (χ1n) is 6.94. The number of hydrogen-bond donors (Lipinski definition) is 1. The maximum Gasteiger partial charge on any atom is 0.0705 e. The van der Waals surface area contributed by atoms with Crippen molar-refractivity contribution in [2.45, 2.75) is 19.4 Å². The van der Waals surface area contributed by atoms with Crippen molar-refractivity contribution < 1.29 is 0 Å². The number of aromatic nitrogens is 1. The molecule has 0 spiro atoms. The largest absolute Gasteiger partial charge is 0.310 e. The van der Waals surface area contributed by atoms with Crippen molar-refractivity contribution >= 4 is 10.9 Å². The van der Waals surface area contributed by atoms with Crippen LogP contribution in [-0.4, -0.2) is 37.1 Å². The van der Waals surface area contributed by atoms with Crippen LogP contribution in [0.5, 0.6) is 0 Å². The van der Waals surface area contributed by atoms with E-state index in [-0.39, 0.29) is 0 Å². The lowest BCUT2D eigenvalue weighted by Crippen LogP contribution is -2.25. The molecule has 1 aromatic carbocycles. The molecule has 1 N–H and O–H groups in total. The van der Waals surface area contributed by atoms with Crippen molar-refractivity contribution in [3.63, 3.8) is 0 Å². The van der Waals surface area contributed by atoms with Gasteiger partial charge in [-0.2, -0.15) is 0 Å². The first-order chi connectivity index (χ1) is 9.22. The molecule has 1 atom stereocenters. The SMILES string of the molecule is CCNC(CCN(C)C)c1cccc2ncccc12. The van der Waals surface area contributed by atoms with Crippen LogP contribution in [0.2, 0.25) is 0 Å². The highest BCUT2D eigenvalue weighted by Gasteiger charge is 2.13.